The van der Waals surface area contributed by atoms with Crippen LogP contribution >= 0.6 is 0 Å². The molecule has 1 aliphatic carbocycles. The zero-order chi connectivity index (χ0) is 24.1. The van der Waals surface area contributed by atoms with E-state index in [-0.39, 0.29) is 18.3 Å². The van der Waals surface area contributed by atoms with Gasteiger partial charge in [0.25, 0.3) is 0 Å². The molecule has 0 spiro atoms. The molecule has 0 radical (unpaired) electrons. The molecular formula is C30H29F3O. The van der Waals surface area contributed by atoms with E-state index in [0.29, 0.717) is 22.6 Å². The standard InChI is InChI=1S/C30H29F3O/c1-3-18-34-28-17-10-22(19-27(28)31)7-6-21-8-13-24(14-9-21)26-16-15-25(29(32)30(26)33)23-11-4-20(2)5-12-23/h3-7,10-12,15-17,19,21,24H,1,8-9,13-14,18H2,2H3/b7-6+. The lowest BCUT2D eigenvalue weighted by Crippen LogP contribution is -2.13. The van der Waals surface area contributed by atoms with Crippen LogP contribution < -0.4 is 4.74 Å². The van der Waals surface area contributed by atoms with Gasteiger partial charge in [0.1, 0.15) is 6.61 Å². The molecule has 34 heavy (non-hydrogen) atoms. The van der Waals surface area contributed by atoms with Crippen LogP contribution in [-0.2, 0) is 0 Å². The normalized spacial score (nSPS) is 18.2. The number of halogens is 3. The topological polar surface area (TPSA) is 9.23 Å². The molecule has 3 aromatic rings. The van der Waals surface area contributed by atoms with Gasteiger partial charge in [0.05, 0.1) is 0 Å². The zero-order valence-electron chi connectivity index (χ0n) is 19.4. The van der Waals surface area contributed by atoms with Crippen molar-refractivity contribution < 1.29 is 17.9 Å². The first-order valence-electron chi connectivity index (χ1n) is 11.7. The van der Waals surface area contributed by atoms with Crippen molar-refractivity contribution in [2.24, 2.45) is 5.92 Å². The van der Waals surface area contributed by atoms with Gasteiger partial charge < -0.3 is 4.74 Å². The molecule has 0 aromatic heterocycles. The van der Waals surface area contributed by atoms with Crippen molar-refractivity contribution in [3.63, 3.8) is 0 Å². The lowest BCUT2D eigenvalue weighted by Gasteiger charge is -2.27. The molecular weight excluding hydrogens is 433 g/mol. The van der Waals surface area contributed by atoms with E-state index >= 15 is 0 Å². The highest BCUT2D eigenvalue weighted by Gasteiger charge is 2.25. The van der Waals surface area contributed by atoms with Gasteiger partial charge in [0.2, 0.25) is 0 Å². The first kappa shape index (κ1) is 23.9. The van der Waals surface area contributed by atoms with E-state index in [0.717, 1.165) is 36.8 Å². The Balaban J connectivity index is 1.39. The predicted octanol–water partition coefficient (Wildman–Crippen LogP) is 8.63. The average molecular weight is 463 g/mol. The monoisotopic (exact) mass is 462 g/mol. The van der Waals surface area contributed by atoms with Gasteiger partial charge in [-0.05, 0) is 73.3 Å². The van der Waals surface area contributed by atoms with Crippen molar-refractivity contribution in [3.8, 4) is 16.9 Å². The fraction of sp³-hybridized carbons (Fsp3) is 0.267. The van der Waals surface area contributed by atoms with Crippen LogP contribution in [0.5, 0.6) is 5.75 Å². The summed E-state index contributed by atoms with van der Waals surface area (Å²) >= 11 is 0. The van der Waals surface area contributed by atoms with Crippen LogP contribution in [0, 0.1) is 30.3 Å². The summed E-state index contributed by atoms with van der Waals surface area (Å²) in [5.41, 5.74) is 3.29. The molecule has 4 rings (SSSR count). The molecule has 1 fully saturated rings. The zero-order valence-corrected chi connectivity index (χ0v) is 19.4. The number of allylic oxidation sites excluding steroid dienone is 1. The van der Waals surface area contributed by atoms with Gasteiger partial charge >= 0.3 is 0 Å². The molecule has 0 atom stereocenters. The Morgan fingerprint density at radius 2 is 1.65 bits per heavy atom. The van der Waals surface area contributed by atoms with Gasteiger partial charge in [-0.25, -0.2) is 13.2 Å². The van der Waals surface area contributed by atoms with Crippen molar-refractivity contribution in [3.05, 3.63) is 107 Å². The van der Waals surface area contributed by atoms with Gasteiger partial charge in [0, 0.05) is 5.56 Å². The first-order chi connectivity index (χ1) is 16.5. The van der Waals surface area contributed by atoms with Gasteiger partial charge in [-0.15, -0.1) is 0 Å². The second-order valence-electron chi connectivity index (χ2n) is 8.96. The SMILES string of the molecule is C=CCOc1ccc(/C=C/C2CCC(c3ccc(-c4ccc(C)cc4)c(F)c3F)CC2)cc1F. The minimum absolute atomic E-state index is 0.00459. The summed E-state index contributed by atoms with van der Waals surface area (Å²) in [6.07, 6.45) is 8.92. The largest absolute Gasteiger partial charge is 0.486 e. The fourth-order valence-electron chi connectivity index (χ4n) is 4.59. The van der Waals surface area contributed by atoms with Crippen LogP contribution in [0.15, 0.2) is 73.3 Å². The maximum absolute atomic E-state index is 15.0. The van der Waals surface area contributed by atoms with Crippen LogP contribution in [-0.4, -0.2) is 6.61 Å². The molecule has 0 amide bonds. The maximum Gasteiger partial charge on any atom is 0.166 e. The number of aryl methyl sites for hydroxylation is 1. The number of hydrogen-bond acceptors (Lipinski definition) is 1. The molecule has 176 valence electrons. The number of hydrogen-bond donors (Lipinski definition) is 0. The van der Waals surface area contributed by atoms with Crippen LogP contribution in [0.4, 0.5) is 13.2 Å². The molecule has 1 aliphatic rings. The van der Waals surface area contributed by atoms with Gasteiger partial charge in [-0.1, -0.05) is 72.8 Å². The van der Waals surface area contributed by atoms with E-state index in [1.54, 1.807) is 24.3 Å². The Morgan fingerprint density at radius 1 is 0.912 bits per heavy atom. The molecule has 1 nitrogen and oxygen atoms in total. The summed E-state index contributed by atoms with van der Waals surface area (Å²) < 4.78 is 49.3. The van der Waals surface area contributed by atoms with E-state index in [4.69, 9.17) is 4.74 Å². The Hall–Kier alpha value is -3.27. The third-order valence-electron chi connectivity index (χ3n) is 6.56. The van der Waals surface area contributed by atoms with Gasteiger partial charge in [-0.3, -0.25) is 0 Å². The quantitative estimate of drug-likeness (QED) is 0.319. The van der Waals surface area contributed by atoms with Crippen LogP contribution in [0.1, 0.15) is 48.3 Å². The number of ether oxygens (including phenoxy) is 1. The third-order valence-corrected chi connectivity index (χ3v) is 6.56. The highest BCUT2D eigenvalue weighted by atomic mass is 19.2. The van der Waals surface area contributed by atoms with E-state index < -0.39 is 17.5 Å². The summed E-state index contributed by atoms with van der Waals surface area (Å²) in [6, 6.07) is 15.8. The Labute approximate surface area is 199 Å². The van der Waals surface area contributed by atoms with Crippen molar-refractivity contribution in [1.29, 1.82) is 0 Å². The molecule has 0 bridgehead atoms. The van der Waals surface area contributed by atoms with Crippen molar-refractivity contribution in [2.45, 2.75) is 38.5 Å². The minimum atomic E-state index is -0.772. The van der Waals surface area contributed by atoms with Gasteiger partial charge in [0.15, 0.2) is 23.2 Å². The minimum Gasteiger partial charge on any atom is -0.486 e. The van der Waals surface area contributed by atoms with E-state index in [1.807, 2.05) is 43.3 Å². The summed E-state index contributed by atoms with van der Waals surface area (Å²) in [4.78, 5) is 0. The molecule has 3 aromatic carbocycles. The first-order valence-corrected chi connectivity index (χ1v) is 11.7. The Morgan fingerprint density at radius 3 is 2.32 bits per heavy atom. The summed E-state index contributed by atoms with van der Waals surface area (Å²) in [5.74, 6) is -1.36. The van der Waals surface area contributed by atoms with Crippen molar-refractivity contribution in [2.75, 3.05) is 6.61 Å². The maximum atomic E-state index is 15.0. The molecule has 0 aliphatic heterocycles. The highest BCUT2D eigenvalue weighted by Crippen LogP contribution is 2.39. The second-order valence-corrected chi connectivity index (χ2v) is 8.96. The van der Waals surface area contributed by atoms with Gasteiger partial charge in [-0.2, -0.15) is 0 Å². The van der Waals surface area contributed by atoms with Crippen LogP contribution in [0.25, 0.3) is 17.2 Å². The molecule has 1 saturated carbocycles. The average Bonchev–Trinajstić information content (AvgIpc) is 2.85. The molecule has 0 unspecified atom stereocenters. The summed E-state index contributed by atoms with van der Waals surface area (Å²) in [7, 11) is 0. The highest BCUT2D eigenvalue weighted by molar-refractivity contribution is 5.65. The predicted molar refractivity (Wildman–Crippen MR) is 132 cm³/mol. The lowest BCUT2D eigenvalue weighted by molar-refractivity contribution is 0.342. The second kappa shape index (κ2) is 10.8. The molecule has 0 N–H and O–H groups in total. The number of rotatable bonds is 7. The summed E-state index contributed by atoms with van der Waals surface area (Å²) in [6.45, 7) is 5.78. The third kappa shape index (κ3) is 5.44. The van der Waals surface area contributed by atoms with E-state index in [9.17, 15) is 13.2 Å². The van der Waals surface area contributed by atoms with Crippen LogP contribution in [0.2, 0.25) is 0 Å². The lowest BCUT2D eigenvalue weighted by atomic mass is 9.78. The van der Waals surface area contributed by atoms with Crippen molar-refractivity contribution >= 4 is 6.08 Å². The molecule has 4 heteroatoms. The molecule has 0 heterocycles. The Bertz CT molecular complexity index is 1170. The Kier molecular flexibility index (Phi) is 7.56. The van der Waals surface area contributed by atoms with Crippen molar-refractivity contribution in [1.82, 2.24) is 0 Å². The van der Waals surface area contributed by atoms with E-state index in [1.165, 1.54) is 6.07 Å². The van der Waals surface area contributed by atoms with E-state index in [2.05, 4.69) is 12.7 Å². The molecule has 0 saturated heterocycles. The fourth-order valence-corrected chi connectivity index (χ4v) is 4.59. The van der Waals surface area contributed by atoms with Crippen LogP contribution in [0.3, 0.4) is 0 Å². The number of benzene rings is 3. The smallest absolute Gasteiger partial charge is 0.166 e. The summed E-state index contributed by atoms with van der Waals surface area (Å²) in [5, 5.41) is 0.